The molecule has 5 rings (SSSR count). The molecular weight excluding hydrogens is 404 g/mol. The first kappa shape index (κ1) is 18.6. The van der Waals surface area contributed by atoms with E-state index in [2.05, 4.69) is 51.0 Å². The topological polar surface area (TPSA) is 86.7 Å². The Morgan fingerprint density at radius 1 is 1.10 bits per heavy atom. The Morgan fingerprint density at radius 3 is 2.59 bits per heavy atom. The summed E-state index contributed by atoms with van der Waals surface area (Å²) in [5, 5.41) is 8.64. The fourth-order valence-electron chi connectivity index (χ4n) is 3.64. The Balaban J connectivity index is 1.35. The zero-order valence-electron chi connectivity index (χ0n) is 16.5. The lowest BCUT2D eigenvalue weighted by molar-refractivity contribution is 0.181. The summed E-state index contributed by atoms with van der Waals surface area (Å²) in [6, 6.07) is 1.13. The summed E-state index contributed by atoms with van der Waals surface area (Å²) in [5.41, 5.74) is 2.48. The summed E-state index contributed by atoms with van der Waals surface area (Å²) in [6.07, 6.45) is 9.38. The van der Waals surface area contributed by atoms with Gasteiger partial charge in [0.1, 0.15) is 10.7 Å². The van der Waals surface area contributed by atoms with Gasteiger partial charge in [-0.05, 0) is 26.8 Å². The molecule has 8 nitrogen and oxygen atoms in total. The fourth-order valence-corrected chi connectivity index (χ4v) is 5.68. The van der Waals surface area contributed by atoms with Gasteiger partial charge in [0, 0.05) is 37.4 Å². The Labute approximate surface area is 176 Å². The minimum Gasteiger partial charge on any atom is -0.348 e. The van der Waals surface area contributed by atoms with Gasteiger partial charge in [-0.3, -0.25) is 10.1 Å². The maximum atomic E-state index is 4.86. The normalized spacial score (nSPS) is 20.4. The lowest BCUT2D eigenvalue weighted by Crippen LogP contribution is -2.46. The highest BCUT2D eigenvalue weighted by atomic mass is 32.1. The maximum absolute atomic E-state index is 4.86. The second-order valence-corrected chi connectivity index (χ2v) is 9.45. The molecule has 0 bridgehead atoms. The van der Waals surface area contributed by atoms with E-state index in [-0.39, 0.29) is 0 Å². The molecule has 0 spiro atoms. The summed E-state index contributed by atoms with van der Waals surface area (Å²) in [6.45, 7) is 3.43. The molecule has 1 N–H and O–H groups in total. The predicted molar refractivity (Wildman–Crippen MR) is 117 cm³/mol. The van der Waals surface area contributed by atoms with Crippen LogP contribution in [-0.2, 0) is 0 Å². The van der Waals surface area contributed by atoms with E-state index in [0.717, 1.165) is 49.7 Å². The van der Waals surface area contributed by atoms with Crippen molar-refractivity contribution in [3.05, 3.63) is 24.8 Å². The number of hydrogen-bond acceptors (Lipinski definition) is 9. The minimum atomic E-state index is 0.530. The summed E-state index contributed by atoms with van der Waals surface area (Å²) in [7, 11) is 4.36. The molecule has 29 heavy (non-hydrogen) atoms. The van der Waals surface area contributed by atoms with Crippen molar-refractivity contribution in [3.8, 4) is 22.0 Å². The van der Waals surface area contributed by atoms with Crippen molar-refractivity contribution in [1.29, 1.82) is 0 Å². The summed E-state index contributed by atoms with van der Waals surface area (Å²) >= 11 is 3.23. The molecule has 0 aromatic carbocycles. The monoisotopic (exact) mass is 426 g/mol. The van der Waals surface area contributed by atoms with Crippen LogP contribution >= 0.6 is 22.7 Å². The molecule has 2 unspecified atom stereocenters. The molecule has 0 amide bonds. The van der Waals surface area contributed by atoms with Gasteiger partial charge in [-0.25, -0.2) is 15.0 Å². The van der Waals surface area contributed by atoms with Gasteiger partial charge in [0.15, 0.2) is 14.8 Å². The van der Waals surface area contributed by atoms with Crippen LogP contribution in [0.1, 0.15) is 19.8 Å². The molecule has 1 aliphatic rings. The van der Waals surface area contributed by atoms with Gasteiger partial charge < -0.3 is 9.80 Å². The molecule has 0 saturated carbocycles. The van der Waals surface area contributed by atoms with Gasteiger partial charge >= 0.3 is 0 Å². The van der Waals surface area contributed by atoms with E-state index in [9.17, 15) is 0 Å². The predicted octanol–water partition coefficient (Wildman–Crippen LogP) is 3.52. The van der Waals surface area contributed by atoms with E-state index in [1.807, 2.05) is 0 Å². The molecule has 1 aliphatic heterocycles. The molecule has 0 aliphatic carbocycles. The van der Waals surface area contributed by atoms with Gasteiger partial charge in [-0.15, -0.1) is 0 Å². The van der Waals surface area contributed by atoms with Gasteiger partial charge in [0.25, 0.3) is 0 Å². The number of nitrogens with one attached hydrogen (secondary N) is 1. The minimum absolute atomic E-state index is 0.530. The fraction of sp³-hybridized carbons (Fsp3) is 0.421. The Bertz CT molecular complexity index is 1070. The zero-order chi connectivity index (χ0) is 20.0. The zero-order valence-corrected chi connectivity index (χ0v) is 18.2. The number of hydrogen-bond donors (Lipinski definition) is 1. The number of aromatic nitrogens is 6. The maximum Gasteiger partial charge on any atom is 0.188 e. The number of rotatable bonds is 4. The highest BCUT2D eigenvalue weighted by Crippen LogP contribution is 2.36. The first-order chi connectivity index (χ1) is 14.1. The average molecular weight is 427 g/mol. The molecule has 0 radical (unpaired) electrons. The summed E-state index contributed by atoms with van der Waals surface area (Å²) in [4.78, 5) is 25.3. The molecule has 1 fully saturated rings. The number of aromatic amines is 1. The molecule has 2 atom stereocenters. The summed E-state index contributed by atoms with van der Waals surface area (Å²) < 4.78 is 0. The molecule has 5 heterocycles. The van der Waals surface area contributed by atoms with Gasteiger partial charge in [0.05, 0.1) is 24.3 Å². The number of H-pyrrole nitrogens is 1. The van der Waals surface area contributed by atoms with Crippen LogP contribution < -0.4 is 4.90 Å². The second kappa shape index (κ2) is 7.43. The van der Waals surface area contributed by atoms with Crippen LogP contribution in [0.3, 0.4) is 0 Å². The third kappa shape index (κ3) is 3.52. The van der Waals surface area contributed by atoms with Gasteiger partial charge in [-0.2, -0.15) is 5.10 Å². The van der Waals surface area contributed by atoms with Crippen LogP contribution in [0.2, 0.25) is 0 Å². The van der Waals surface area contributed by atoms with Crippen molar-refractivity contribution in [3.63, 3.8) is 0 Å². The van der Waals surface area contributed by atoms with Crippen molar-refractivity contribution in [2.45, 2.75) is 31.8 Å². The van der Waals surface area contributed by atoms with Crippen molar-refractivity contribution in [2.75, 3.05) is 25.5 Å². The molecule has 150 valence electrons. The quantitative estimate of drug-likeness (QED) is 0.534. The molecule has 10 heteroatoms. The first-order valence-electron chi connectivity index (χ1n) is 9.60. The number of fused-ring (bicyclic) bond motifs is 1. The third-order valence-electron chi connectivity index (χ3n) is 5.66. The number of piperidine rings is 1. The van der Waals surface area contributed by atoms with Crippen LogP contribution in [0.4, 0.5) is 5.13 Å². The second-order valence-electron chi connectivity index (χ2n) is 7.52. The largest absolute Gasteiger partial charge is 0.348 e. The third-order valence-corrected chi connectivity index (χ3v) is 7.80. The van der Waals surface area contributed by atoms with Crippen LogP contribution in [-0.4, -0.2) is 67.8 Å². The van der Waals surface area contributed by atoms with Crippen LogP contribution in [0.15, 0.2) is 24.8 Å². The molecular formula is C19H22N8S2. The highest BCUT2D eigenvalue weighted by Gasteiger charge is 2.27. The standard InChI is InChI=1S/C19H22N8S2/c1-11-6-13(4-5-26(11)2)27(3)19-25-18-17(29-19)24-16(28-18)15-10-20-14(9-21-15)12-7-22-23-8-12/h7-11,13H,4-6H2,1-3H3,(H,22,23). The van der Waals surface area contributed by atoms with Gasteiger partial charge in [-0.1, -0.05) is 22.7 Å². The first-order valence-corrected chi connectivity index (χ1v) is 11.2. The Morgan fingerprint density at radius 2 is 1.90 bits per heavy atom. The lowest BCUT2D eigenvalue weighted by Gasteiger charge is -2.39. The molecule has 4 aromatic heterocycles. The van der Waals surface area contributed by atoms with Crippen molar-refractivity contribution >= 4 is 37.5 Å². The van der Waals surface area contributed by atoms with Crippen LogP contribution in [0, 0.1) is 0 Å². The van der Waals surface area contributed by atoms with Crippen LogP contribution in [0.25, 0.3) is 31.6 Å². The van der Waals surface area contributed by atoms with E-state index in [1.165, 1.54) is 6.42 Å². The van der Waals surface area contributed by atoms with Gasteiger partial charge in [0.2, 0.25) is 0 Å². The van der Waals surface area contributed by atoms with Crippen molar-refractivity contribution in [1.82, 2.24) is 35.0 Å². The average Bonchev–Trinajstić information content (AvgIpc) is 3.46. The van der Waals surface area contributed by atoms with E-state index in [1.54, 1.807) is 47.5 Å². The number of likely N-dealkylation sites (tertiary alicyclic amines) is 1. The Hall–Kier alpha value is -2.43. The Kier molecular flexibility index (Phi) is 4.76. The van der Waals surface area contributed by atoms with Crippen LogP contribution in [0.5, 0.6) is 0 Å². The molecule has 1 saturated heterocycles. The molecule has 4 aromatic rings. The SMILES string of the molecule is CC1CC(N(C)c2nc3sc(-c4cnc(-c5cn[nH]c5)cn4)nc3s2)CCN1C. The number of anilines is 1. The highest BCUT2D eigenvalue weighted by molar-refractivity contribution is 7.29. The number of nitrogens with zero attached hydrogens (tertiary/aromatic N) is 7. The summed E-state index contributed by atoms with van der Waals surface area (Å²) in [5.74, 6) is 0. The van der Waals surface area contributed by atoms with E-state index in [4.69, 9.17) is 9.97 Å². The lowest BCUT2D eigenvalue weighted by atomic mass is 9.98. The number of thiazole rings is 2. The van der Waals surface area contributed by atoms with E-state index in [0.29, 0.717) is 12.1 Å². The smallest absolute Gasteiger partial charge is 0.188 e. The van der Waals surface area contributed by atoms with Crippen molar-refractivity contribution < 1.29 is 0 Å². The van der Waals surface area contributed by atoms with Crippen molar-refractivity contribution in [2.24, 2.45) is 0 Å². The van der Waals surface area contributed by atoms with E-state index >= 15 is 0 Å². The van der Waals surface area contributed by atoms with E-state index < -0.39 is 0 Å².